The number of rotatable bonds is 6. The van der Waals surface area contributed by atoms with Gasteiger partial charge < -0.3 is 14.5 Å². The SMILES string of the molecule is CCOc1ccc(-c2cc3ccccn3c2C(=O)C(=O)Nc2cccc(Cl)c2)cc1. The fourth-order valence-electron chi connectivity index (χ4n) is 3.33. The Morgan fingerprint density at radius 1 is 1.00 bits per heavy atom. The number of ether oxygens (including phenoxy) is 1. The third kappa shape index (κ3) is 3.93. The van der Waals surface area contributed by atoms with Crippen molar-refractivity contribution in [2.24, 2.45) is 0 Å². The number of anilines is 1. The number of aromatic nitrogens is 1. The first-order chi connectivity index (χ1) is 14.6. The van der Waals surface area contributed by atoms with Gasteiger partial charge in [-0.1, -0.05) is 35.9 Å². The maximum absolute atomic E-state index is 13.2. The van der Waals surface area contributed by atoms with Gasteiger partial charge in [0.1, 0.15) is 11.4 Å². The van der Waals surface area contributed by atoms with E-state index in [1.165, 1.54) is 0 Å². The number of pyridine rings is 1. The van der Waals surface area contributed by atoms with E-state index in [0.717, 1.165) is 16.8 Å². The number of amides is 1. The summed E-state index contributed by atoms with van der Waals surface area (Å²) in [5.74, 6) is -0.616. The third-order valence-electron chi connectivity index (χ3n) is 4.66. The van der Waals surface area contributed by atoms with Crippen molar-refractivity contribution in [3.05, 3.63) is 89.7 Å². The average Bonchev–Trinajstić information content (AvgIpc) is 3.13. The maximum atomic E-state index is 13.2. The monoisotopic (exact) mass is 418 g/mol. The van der Waals surface area contributed by atoms with E-state index in [0.29, 0.717) is 28.6 Å². The summed E-state index contributed by atoms with van der Waals surface area (Å²) in [6.07, 6.45) is 1.77. The molecule has 150 valence electrons. The number of fused-ring (bicyclic) bond motifs is 1. The zero-order chi connectivity index (χ0) is 21.1. The summed E-state index contributed by atoms with van der Waals surface area (Å²) in [6.45, 7) is 2.49. The zero-order valence-electron chi connectivity index (χ0n) is 16.3. The molecule has 1 N–H and O–H groups in total. The standard InChI is InChI=1S/C24H19ClN2O3/c1-2-30-20-11-9-16(10-12-20)21-15-19-8-3-4-13-27(19)22(21)23(28)24(29)26-18-7-5-6-17(25)14-18/h3-15H,2H2,1H3,(H,26,29). The van der Waals surface area contributed by atoms with Crippen molar-refractivity contribution in [1.29, 1.82) is 0 Å². The largest absolute Gasteiger partial charge is 0.494 e. The van der Waals surface area contributed by atoms with E-state index in [-0.39, 0.29) is 0 Å². The van der Waals surface area contributed by atoms with Gasteiger partial charge in [0.2, 0.25) is 0 Å². The van der Waals surface area contributed by atoms with Crippen LogP contribution in [0.3, 0.4) is 0 Å². The lowest BCUT2D eigenvalue weighted by molar-refractivity contribution is -0.112. The summed E-state index contributed by atoms with van der Waals surface area (Å²) in [5, 5.41) is 3.11. The van der Waals surface area contributed by atoms with E-state index in [2.05, 4.69) is 5.32 Å². The second-order valence-corrected chi connectivity index (χ2v) is 7.09. The van der Waals surface area contributed by atoms with Gasteiger partial charge >= 0.3 is 0 Å². The normalized spacial score (nSPS) is 10.7. The molecule has 0 radical (unpaired) electrons. The van der Waals surface area contributed by atoms with E-state index in [1.54, 1.807) is 34.9 Å². The van der Waals surface area contributed by atoms with Gasteiger partial charge in [-0.2, -0.15) is 0 Å². The van der Waals surface area contributed by atoms with Crippen molar-refractivity contribution >= 4 is 34.5 Å². The Kier molecular flexibility index (Phi) is 5.55. The van der Waals surface area contributed by atoms with Crippen LogP contribution in [0.5, 0.6) is 5.75 Å². The van der Waals surface area contributed by atoms with Crippen LogP contribution < -0.4 is 10.1 Å². The number of halogens is 1. The Hall–Kier alpha value is -3.57. The Labute approximate surface area is 178 Å². The number of nitrogens with zero attached hydrogens (tertiary/aromatic N) is 1. The number of hydrogen-bond donors (Lipinski definition) is 1. The van der Waals surface area contributed by atoms with Gasteiger partial charge in [-0.15, -0.1) is 0 Å². The molecule has 4 rings (SSSR count). The molecule has 1 amide bonds. The maximum Gasteiger partial charge on any atom is 0.298 e. The van der Waals surface area contributed by atoms with Crippen molar-refractivity contribution in [1.82, 2.24) is 4.40 Å². The second kappa shape index (κ2) is 8.43. The molecule has 0 aliphatic carbocycles. The fourth-order valence-corrected chi connectivity index (χ4v) is 3.52. The molecule has 0 atom stereocenters. The highest BCUT2D eigenvalue weighted by molar-refractivity contribution is 6.47. The number of nitrogens with one attached hydrogen (secondary N) is 1. The van der Waals surface area contributed by atoms with Gasteiger partial charge in [0.25, 0.3) is 11.7 Å². The molecule has 0 aliphatic rings. The minimum absolute atomic E-state index is 0.300. The molecule has 0 spiro atoms. The van der Waals surface area contributed by atoms with Gasteiger partial charge in [0.05, 0.1) is 6.61 Å². The number of Topliss-reactive ketones (excluding diaryl/α,β-unsaturated/α-hetero) is 1. The van der Waals surface area contributed by atoms with Crippen LogP contribution in [0, 0.1) is 0 Å². The molecule has 2 aromatic carbocycles. The Morgan fingerprint density at radius 2 is 1.80 bits per heavy atom. The lowest BCUT2D eigenvalue weighted by Crippen LogP contribution is -2.24. The summed E-state index contributed by atoms with van der Waals surface area (Å²) >= 11 is 5.98. The molecule has 0 saturated heterocycles. The van der Waals surface area contributed by atoms with Crippen molar-refractivity contribution in [2.45, 2.75) is 6.92 Å². The number of ketones is 1. The van der Waals surface area contributed by atoms with Crippen molar-refractivity contribution in [2.75, 3.05) is 11.9 Å². The van der Waals surface area contributed by atoms with Crippen LogP contribution in [0.25, 0.3) is 16.6 Å². The van der Waals surface area contributed by atoms with Crippen LogP contribution in [0.2, 0.25) is 5.02 Å². The Balaban J connectivity index is 1.74. The molecule has 2 aromatic heterocycles. The number of carbonyl (C=O) groups is 2. The second-order valence-electron chi connectivity index (χ2n) is 6.65. The zero-order valence-corrected chi connectivity index (χ0v) is 17.0. The molecular weight excluding hydrogens is 400 g/mol. The van der Waals surface area contributed by atoms with Gasteiger partial charge in [-0.05, 0) is 61.0 Å². The van der Waals surface area contributed by atoms with Crippen molar-refractivity contribution in [3.8, 4) is 16.9 Å². The van der Waals surface area contributed by atoms with E-state index >= 15 is 0 Å². The molecule has 2 heterocycles. The first-order valence-electron chi connectivity index (χ1n) is 9.51. The number of carbonyl (C=O) groups excluding carboxylic acids is 2. The van der Waals surface area contributed by atoms with E-state index in [9.17, 15) is 9.59 Å². The molecule has 4 aromatic rings. The lowest BCUT2D eigenvalue weighted by atomic mass is 10.0. The molecular formula is C24H19ClN2O3. The molecule has 6 heteroatoms. The minimum Gasteiger partial charge on any atom is -0.494 e. The van der Waals surface area contributed by atoms with Gasteiger partial charge in [0, 0.05) is 28.0 Å². The van der Waals surface area contributed by atoms with Crippen LogP contribution in [-0.2, 0) is 4.79 Å². The topological polar surface area (TPSA) is 59.8 Å². The highest BCUT2D eigenvalue weighted by Gasteiger charge is 2.25. The molecule has 0 unspecified atom stereocenters. The summed E-state index contributed by atoms with van der Waals surface area (Å²) in [6, 6.07) is 21.6. The first-order valence-corrected chi connectivity index (χ1v) is 9.89. The van der Waals surface area contributed by atoms with Crippen molar-refractivity contribution < 1.29 is 14.3 Å². The molecule has 0 fully saturated rings. The predicted molar refractivity (Wildman–Crippen MR) is 118 cm³/mol. The van der Waals surface area contributed by atoms with Crippen molar-refractivity contribution in [3.63, 3.8) is 0 Å². The Bertz CT molecular complexity index is 1230. The van der Waals surface area contributed by atoms with Crippen LogP contribution in [0.15, 0.2) is 79.0 Å². The van der Waals surface area contributed by atoms with E-state index in [1.807, 2.05) is 55.5 Å². The Morgan fingerprint density at radius 3 is 2.53 bits per heavy atom. The number of hydrogen-bond acceptors (Lipinski definition) is 3. The minimum atomic E-state index is -0.728. The quantitative estimate of drug-likeness (QED) is 0.333. The predicted octanol–water partition coefficient (Wildman–Crippen LogP) is 5.48. The molecule has 0 aliphatic heterocycles. The molecule has 0 saturated carbocycles. The van der Waals surface area contributed by atoms with Crippen LogP contribution in [-0.4, -0.2) is 22.7 Å². The van der Waals surface area contributed by atoms with Gasteiger partial charge in [0.15, 0.2) is 0 Å². The highest BCUT2D eigenvalue weighted by Crippen LogP contribution is 2.30. The third-order valence-corrected chi connectivity index (χ3v) is 4.89. The first kappa shape index (κ1) is 19.7. The highest BCUT2D eigenvalue weighted by atomic mass is 35.5. The molecule has 0 bridgehead atoms. The van der Waals surface area contributed by atoms with E-state index < -0.39 is 11.7 Å². The lowest BCUT2D eigenvalue weighted by Gasteiger charge is -2.09. The van der Waals surface area contributed by atoms with Crippen LogP contribution >= 0.6 is 11.6 Å². The fraction of sp³-hybridized carbons (Fsp3) is 0.0833. The van der Waals surface area contributed by atoms with Crippen LogP contribution in [0.1, 0.15) is 17.4 Å². The summed E-state index contributed by atoms with van der Waals surface area (Å²) < 4.78 is 7.23. The average molecular weight is 419 g/mol. The van der Waals surface area contributed by atoms with Crippen LogP contribution in [0.4, 0.5) is 5.69 Å². The summed E-state index contributed by atoms with van der Waals surface area (Å²) in [7, 11) is 0. The smallest absolute Gasteiger partial charge is 0.298 e. The van der Waals surface area contributed by atoms with E-state index in [4.69, 9.17) is 16.3 Å². The molecule has 5 nitrogen and oxygen atoms in total. The number of benzene rings is 2. The summed E-state index contributed by atoms with van der Waals surface area (Å²) in [5.41, 5.74) is 3.08. The van der Waals surface area contributed by atoms with Gasteiger partial charge in [-0.25, -0.2) is 0 Å². The van der Waals surface area contributed by atoms with Gasteiger partial charge in [-0.3, -0.25) is 9.59 Å². The molecule has 30 heavy (non-hydrogen) atoms. The summed E-state index contributed by atoms with van der Waals surface area (Å²) in [4.78, 5) is 25.9.